The van der Waals surface area contributed by atoms with E-state index < -0.39 is 0 Å². The van der Waals surface area contributed by atoms with E-state index in [0.717, 1.165) is 16.8 Å². The molecule has 0 bridgehead atoms. The Morgan fingerprint density at radius 1 is 1.17 bits per heavy atom. The highest BCUT2D eigenvalue weighted by Crippen LogP contribution is 2.33. The largest absolute Gasteiger partial charge is 0.272 e. The molecule has 3 nitrogen and oxygen atoms in total. The fourth-order valence-corrected chi connectivity index (χ4v) is 2.95. The number of halogens is 1. The maximum Gasteiger partial charge on any atom is 0.258 e. The summed E-state index contributed by atoms with van der Waals surface area (Å²) < 4.78 is 0. The molecule has 2 aromatic carbocycles. The smallest absolute Gasteiger partial charge is 0.258 e. The molecule has 0 aliphatic carbocycles. The second kappa shape index (κ2) is 6.55. The Labute approximate surface area is 141 Å². The van der Waals surface area contributed by atoms with E-state index in [4.69, 9.17) is 11.6 Å². The van der Waals surface area contributed by atoms with Gasteiger partial charge >= 0.3 is 0 Å². The van der Waals surface area contributed by atoms with Crippen molar-refractivity contribution >= 4 is 23.2 Å². The molecular formula is C19H19ClN2O. The zero-order chi connectivity index (χ0) is 16.4. The van der Waals surface area contributed by atoms with Crippen LogP contribution in [0.25, 0.3) is 0 Å². The lowest BCUT2D eigenvalue weighted by Crippen LogP contribution is -2.27. The van der Waals surface area contributed by atoms with Gasteiger partial charge in [0, 0.05) is 6.42 Å². The van der Waals surface area contributed by atoms with E-state index in [-0.39, 0.29) is 17.8 Å². The van der Waals surface area contributed by atoms with Crippen molar-refractivity contribution in [2.24, 2.45) is 5.10 Å². The fraction of sp³-hybridized carbons (Fsp3) is 0.263. The minimum Gasteiger partial charge on any atom is -0.272 e. The van der Waals surface area contributed by atoms with Gasteiger partial charge in [0.25, 0.3) is 5.91 Å². The van der Waals surface area contributed by atoms with Gasteiger partial charge in [-0.2, -0.15) is 5.10 Å². The van der Waals surface area contributed by atoms with Crippen LogP contribution in [0.2, 0.25) is 0 Å². The highest BCUT2D eigenvalue weighted by Gasteiger charge is 2.32. The summed E-state index contributed by atoms with van der Waals surface area (Å²) in [6, 6.07) is 16.2. The summed E-state index contributed by atoms with van der Waals surface area (Å²) in [4.78, 5) is 12.2. The third-order valence-corrected chi connectivity index (χ3v) is 4.53. The van der Waals surface area contributed by atoms with E-state index in [2.05, 4.69) is 37.1 Å². The summed E-state index contributed by atoms with van der Waals surface area (Å²) in [5, 5.41) is 6.11. The monoisotopic (exact) mass is 326 g/mol. The Hall–Kier alpha value is -2.13. The highest BCUT2D eigenvalue weighted by atomic mass is 35.5. The second-order valence-corrected chi connectivity index (χ2v) is 6.12. The lowest BCUT2D eigenvalue weighted by molar-refractivity contribution is -0.130. The van der Waals surface area contributed by atoms with Crippen LogP contribution in [0.3, 0.4) is 0 Å². The molecular weight excluding hydrogens is 308 g/mol. The number of rotatable bonds is 3. The van der Waals surface area contributed by atoms with Crippen LogP contribution in [-0.4, -0.2) is 22.5 Å². The molecule has 3 rings (SSSR count). The van der Waals surface area contributed by atoms with Gasteiger partial charge < -0.3 is 0 Å². The number of carbonyl (C=O) groups is 1. The van der Waals surface area contributed by atoms with Gasteiger partial charge in [-0.15, -0.1) is 11.6 Å². The van der Waals surface area contributed by atoms with Crippen LogP contribution in [0.15, 0.2) is 53.6 Å². The van der Waals surface area contributed by atoms with Crippen molar-refractivity contribution < 1.29 is 4.79 Å². The lowest BCUT2D eigenvalue weighted by atomic mass is 9.96. The van der Waals surface area contributed by atoms with Gasteiger partial charge in [-0.1, -0.05) is 42.5 Å². The van der Waals surface area contributed by atoms with Crippen molar-refractivity contribution in [1.82, 2.24) is 5.01 Å². The number of alkyl halides is 1. The maximum absolute atomic E-state index is 12.2. The predicted molar refractivity (Wildman–Crippen MR) is 93.8 cm³/mol. The zero-order valence-corrected chi connectivity index (χ0v) is 14.0. The first-order chi connectivity index (χ1) is 11.1. The molecule has 118 valence electrons. The molecule has 0 unspecified atom stereocenters. The van der Waals surface area contributed by atoms with Crippen LogP contribution < -0.4 is 0 Å². The number of hydrogen-bond acceptors (Lipinski definition) is 2. The standard InChI is InChI=1S/C19H19ClN2O/c1-13-8-9-16(10-14(13)2)17-11-18(15-6-4-3-5-7-15)22(21-17)19(23)12-20/h3-10,18H,11-12H2,1-2H3/t18-/m1/s1. The average molecular weight is 327 g/mol. The first-order valence-electron chi connectivity index (χ1n) is 7.68. The van der Waals surface area contributed by atoms with Crippen LogP contribution in [0.5, 0.6) is 0 Å². The van der Waals surface area contributed by atoms with Gasteiger partial charge in [-0.3, -0.25) is 4.79 Å². The van der Waals surface area contributed by atoms with Crippen molar-refractivity contribution in [3.63, 3.8) is 0 Å². The zero-order valence-electron chi connectivity index (χ0n) is 13.3. The SMILES string of the molecule is Cc1ccc(C2=NN(C(=O)CCl)[C@@H](c3ccccc3)C2)cc1C. The molecule has 0 saturated heterocycles. The average Bonchev–Trinajstić information content (AvgIpc) is 3.03. The topological polar surface area (TPSA) is 32.7 Å². The molecule has 0 saturated carbocycles. The summed E-state index contributed by atoms with van der Waals surface area (Å²) in [5.41, 5.74) is 5.55. The van der Waals surface area contributed by atoms with Crippen molar-refractivity contribution in [2.45, 2.75) is 26.3 Å². The van der Waals surface area contributed by atoms with Gasteiger partial charge in [0.15, 0.2) is 0 Å². The maximum atomic E-state index is 12.2. The number of nitrogens with zero attached hydrogens (tertiary/aromatic N) is 2. The van der Waals surface area contributed by atoms with E-state index in [1.807, 2.05) is 30.3 Å². The summed E-state index contributed by atoms with van der Waals surface area (Å²) in [5.74, 6) is -0.230. The Kier molecular flexibility index (Phi) is 4.49. The molecule has 1 atom stereocenters. The molecule has 2 aromatic rings. The number of benzene rings is 2. The normalized spacial score (nSPS) is 17.3. The van der Waals surface area contributed by atoms with E-state index in [1.165, 1.54) is 16.1 Å². The second-order valence-electron chi connectivity index (χ2n) is 5.85. The molecule has 4 heteroatoms. The van der Waals surface area contributed by atoms with Crippen LogP contribution in [-0.2, 0) is 4.79 Å². The molecule has 1 aliphatic heterocycles. The Bertz CT molecular complexity index is 755. The van der Waals surface area contributed by atoms with Gasteiger partial charge in [0.2, 0.25) is 0 Å². The number of carbonyl (C=O) groups excluding carboxylic acids is 1. The van der Waals surface area contributed by atoms with Gasteiger partial charge in [-0.25, -0.2) is 5.01 Å². The lowest BCUT2D eigenvalue weighted by Gasteiger charge is -2.21. The van der Waals surface area contributed by atoms with Crippen LogP contribution in [0.4, 0.5) is 0 Å². The number of hydrazone groups is 1. The van der Waals surface area contributed by atoms with Crippen LogP contribution in [0, 0.1) is 13.8 Å². The van der Waals surface area contributed by atoms with Crippen molar-refractivity contribution in [1.29, 1.82) is 0 Å². The third kappa shape index (κ3) is 3.15. The van der Waals surface area contributed by atoms with E-state index in [9.17, 15) is 4.79 Å². The Morgan fingerprint density at radius 2 is 1.91 bits per heavy atom. The van der Waals surface area contributed by atoms with Gasteiger partial charge in [-0.05, 0) is 42.2 Å². The summed E-state index contributed by atoms with van der Waals surface area (Å²) in [6.07, 6.45) is 0.704. The fourth-order valence-electron chi connectivity index (χ4n) is 2.83. The van der Waals surface area contributed by atoms with Gasteiger partial charge in [0.05, 0.1) is 11.8 Å². The minimum atomic E-state index is -0.167. The van der Waals surface area contributed by atoms with Gasteiger partial charge in [0.1, 0.15) is 5.88 Å². The van der Waals surface area contributed by atoms with E-state index in [0.29, 0.717) is 6.42 Å². The number of amides is 1. The molecule has 1 aliphatic rings. The van der Waals surface area contributed by atoms with E-state index in [1.54, 1.807) is 0 Å². The van der Waals surface area contributed by atoms with Crippen molar-refractivity contribution in [3.8, 4) is 0 Å². The van der Waals surface area contributed by atoms with Crippen molar-refractivity contribution in [2.75, 3.05) is 5.88 Å². The minimum absolute atomic E-state index is 0.0625. The molecule has 0 spiro atoms. The Morgan fingerprint density at radius 3 is 2.57 bits per heavy atom. The third-order valence-electron chi connectivity index (χ3n) is 4.30. The molecule has 0 N–H and O–H groups in total. The molecule has 0 fully saturated rings. The molecule has 23 heavy (non-hydrogen) atoms. The van der Waals surface area contributed by atoms with Crippen LogP contribution >= 0.6 is 11.6 Å². The molecule has 0 radical (unpaired) electrons. The first kappa shape index (κ1) is 15.8. The molecule has 0 aromatic heterocycles. The van der Waals surface area contributed by atoms with Crippen molar-refractivity contribution in [3.05, 3.63) is 70.8 Å². The molecule has 1 heterocycles. The summed E-state index contributed by atoms with van der Waals surface area (Å²) in [6.45, 7) is 4.18. The van der Waals surface area contributed by atoms with E-state index >= 15 is 0 Å². The van der Waals surface area contributed by atoms with Crippen LogP contribution in [0.1, 0.15) is 34.7 Å². The highest BCUT2D eigenvalue weighted by molar-refractivity contribution is 6.27. The Balaban J connectivity index is 1.96. The first-order valence-corrected chi connectivity index (χ1v) is 8.21. The summed E-state index contributed by atoms with van der Waals surface area (Å²) >= 11 is 5.76. The number of aryl methyl sites for hydroxylation is 2. The predicted octanol–water partition coefficient (Wildman–Crippen LogP) is 4.22. The number of hydrogen-bond donors (Lipinski definition) is 0. The summed E-state index contributed by atoms with van der Waals surface area (Å²) in [7, 11) is 0. The molecule has 1 amide bonds. The quantitative estimate of drug-likeness (QED) is 0.777.